The highest BCUT2D eigenvalue weighted by molar-refractivity contribution is 5.26. The average molecular weight is 235 g/mol. The molecule has 0 amide bonds. The van der Waals surface area contributed by atoms with Crippen molar-refractivity contribution in [3.8, 4) is 0 Å². The molecule has 1 unspecified atom stereocenters. The maximum absolute atomic E-state index is 5.23. The van der Waals surface area contributed by atoms with Crippen LogP contribution in [0.2, 0.25) is 0 Å². The van der Waals surface area contributed by atoms with Crippen LogP contribution in [0.5, 0.6) is 0 Å². The van der Waals surface area contributed by atoms with Gasteiger partial charge in [-0.25, -0.2) is 0 Å². The molecule has 0 saturated carbocycles. The van der Waals surface area contributed by atoms with Gasteiger partial charge in [-0.2, -0.15) is 0 Å². The van der Waals surface area contributed by atoms with Crippen molar-refractivity contribution >= 4 is 0 Å². The van der Waals surface area contributed by atoms with E-state index in [2.05, 4.69) is 29.6 Å². The minimum absolute atomic E-state index is 0.261. The van der Waals surface area contributed by atoms with E-state index in [9.17, 15) is 0 Å². The number of hydrogen-bond donors (Lipinski definition) is 1. The maximum Gasteiger partial charge on any atom is 0.183 e. The fourth-order valence-corrected chi connectivity index (χ4v) is 2.39. The van der Waals surface area contributed by atoms with Crippen LogP contribution in [0.4, 0.5) is 0 Å². The third-order valence-electron chi connectivity index (χ3n) is 3.35. The van der Waals surface area contributed by atoms with Crippen molar-refractivity contribution in [2.24, 2.45) is 0 Å². The zero-order chi connectivity index (χ0) is 12.1. The van der Waals surface area contributed by atoms with Crippen LogP contribution in [0.3, 0.4) is 0 Å². The van der Waals surface area contributed by atoms with Crippen molar-refractivity contribution in [1.29, 1.82) is 0 Å². The Labute approximate surface area is 103 Å². The second-order valence-corrected chi connectivity index (χ2v) is 4.47. The molecule has 1 atom stereocenters. The van der Waals surface area contributed by atoms with E-state index in [0.29, 0.717) is 6.04 Å². The van der Waals surface area contributed by atoms with Gasteiger partial charge in [-0.05, 0) is 24.9 Å². The Bertz CT molecular complexity index is 327. The first-order chi connectivity index (χ1) is 8.35. The minimum atomic E-state index is -0.261. The molecule has 0 bridgehead atoms. The third-order valence-corrected chi connectivity index (χ3v) is 3.35. The van der Waals surface area contributed by atoms with Gasteiger partial charge in [0.25, 0.3) is 0 Å². The summed E-state index contributed by atoms with van der Waals surface area (Å²) in [5.74, 6) is 0. The Balaban J connectivity index is 2.06. The molecule has 0 aromatic heterocycles. The van der Waals surface area contributed by atoms with Gasteiger partial charge < -0.3 is 14.8 Å². The lowest BCUT2D eigenvalue weighted by Crippen LogP contribution is -2.26. The van der Waals surface area contributed by atoms with Gasteiger partial charge in [-0.1, -0.05) is 30.7 Å². The quantitative estimate of drug-likeness (QED) is 0.814. The highest BCUT2D eigenvalue weighted by Crippen LogP contribution is 2.25. The Kier molecular flexibility index (Phi) is 4.54. The van der Waals surface area contributed by atoms with Gasteiger partial charge >= 0.3 is 0 Å². The smallest absolute Gasteiger partial charge is 0.183 e. The average Bonchev–Trinajstić information content (AvgIpc) is 2.42. The summed E-state index contributed by atoms with van der Waals surface area (Å²) in [4.78, 5) is 0. The lowest BCUT2D eigenvalue weighted by molar-refractivity contribution is -0.106. The van der Waals surface area contributed by atoms with E-state index in [1.165, 1.54) is 24.8 Å². The fourth-order valence-electron chi connectivity index (χ4n) is 2.39. The largest absolute Gasteiger partial charge is 0.352 e. The summed E-state index contributed by atoms with van der Waals surface area (Å²) < 4.78 is 10.5. The van der Waals surface area contributed by atoms with Crippen LogP contribution in [0, 0.1) is 0 Å². The highest BCUT2D eigenvalue weighted by Gasteiger charge is 2.15. The monoisotopic (exact) mass is 235 g/mol. The van der Waals surface area contributed by atoms with Crippen LogP contribution in [0.25, 0.3) is 0 Å². The fraction of sp³-hybridized carbons (Fsp3) is 0.571. The summed E-state index contributed by atoms with van der Waals surface area (Å²) in [6, 6.07) is 9.03. The molecule has 2 rings (SSSR count). The van der Waals surface area contributed by atoms with Crippen molar-refractivity contribution < 1.29 is 9.47 Å². The van der Waals surface area contributed by atoms with Gasteiger partial charge in [0.2, 0.25) is 0 Å². The number of benzene rings is 1. The zero-order valence-corrected chi connectivity index (χ0v) is 10.6. The third kappa shape index (κ3) is 3.06. The van der Waals surface area contributed by atoms with E-state index in [1.807, 2.05) is 0 Å². The molecule has 0 aliphatic carbocycles. The van der Waals surface area contributed by atoms with Gasteiger partial charge in [0, 0.05) is 25.8 Å². The molecule has 1 heterocycles. The zero-order valence-electron chi connectivity index (χ0n) is 10.6. The van der Waals surface area contributed by atoms with Gasteiger partial charge in [-0.15, -0.1) is 0 Å². The number of piperidine rings is 1. The molecule has 1 N–H and O–H groups in total. The van der Waals surface area contributed by atoms with Crippen molar-refractivity contribution in [2.75, 3.05) is 20.8 Å². The molecule has 1 aliphatic rings. The van der Waals surface area contributed by atoms with Gasteiger partial charge in [0.05, 0.1) is 0 Å². The van der Waals surface area contributed by atoms with E-state index >= 15 is 0 Å². The molecule has 1 aliphatic heterocycles. The lowest BCUT2D eigenvalue weighted by Gasteiger charge is -2.24. The molecule has 94 valence electrons. The van der Waals surface area contributed by atoms with E-state index in [-0.39, 0.29) is 6.29 Å². The van der Waals surface area contributed by atoms with Crippen molar-refractivity contribution in [3.05, 3.63) is 35.4 Å². The lowest BCUT2D eigenvalue weighted by atomic mass is 9.97. The van der Waals surface area contributed by atoms with Crippen LogP contribution in [0.1, 0.15) is 42.7 Å². The molecular formula is C14H21NO2. The second kappa shape index (κ2) is 6.15. The Hall–Kier alpha value is -0.900. The van der Waals surface area contributed by atoms with E-state index in [0.717, 1.165) is 12.1 Å². The first-order valence-corrected chi connectivity index (χ1v) is 6.24. The number of rotatable bonds is 4. The molecule has 0 radical (unpaired) electrons. The number of ether oxygens (including phenoxy) is 2. The molecule has 17 heavy (non-hydrogen) atoms. The van der Waals surface area contributed by atoms with E-state index < -0.39 is 0 Å². The van der Waals surface area contributed by atoms with E-state index in [1.54, 1.807) is 14.2 Å². The number of methoxy groups -OCH3 is 2. The van der Waals surface area contributed by atoms with Crippen LogP contribution >= 0.6 is 0 Å². The molecular weight excluding hydrogens is 214 g/mol. The Morgan fingerprint density at radius 3 is 2.35 bits per heavy atom. The Morgan fingerprint density at radius 1 is 1.12 bits per heavy atom. The Morgan fingerprint density at radius 2 is 1.82 bits per heavy atom. The summed E-state index contributed by atoms with van der Waals surface area (Å²) in [7, 11) is 3.32. The van der Waals surface area contributed by atoms with Crippen molar-refractivity contribution in [2.45, 2.75) is 31.6 Å². The van der Waals surface area contributed by atoms with Crippen LogP contribution in [-0.2, 0) is 9.47 Å². The predicted molar refractivity (Wildman–Crippen MR) is 67.8 cm³/mol. The number of hydrogen-bond acceptors (Lipinski definition) is 3. The van der Waals surface area contributed by atoms with Gasteiger partial charge in [0.1, 0.15) is 0 Å². The van der Waals surface area contributed by atoms with Crippen LogP contribution in [-0.4, -0.2) is 20.8 Å². The minimum Gasteiger partial charge on any atom is -0.352 e. The van der Waals surface area contributed by atoms with E-state index in [4.69, 9.17) is 9.47 Å². The van der Waals surface area contributed by atoms with Crippen LogP contribution < -0.4 is 5.32 Å². The molecule has 1 fully saturated rings. The SMILES string of the molecule is COC(OC)c1ccc(C2CCCCN2)cc1. The van der Waals surface area contributed by atoms with Crippen molar-refractivity contribution in [1.82, 2.24) is 5.32 Å². The molecule has 1 saturated heterocycles. The summed E-state index contributed by atoms with van der Waals surface area (Å²) in [6.45, 7) is 1.13. The molecule has 1 aromatic rings. The second-order valence-electron chi connectivity index (χ2n) is 4.47. The summed E-state index contributed by atoms with van der Waals surface area (Å²) in [5, 5.41) is 3.55. The first-order valence-electron chi connectivity index (χ1n) is 6.24. The topological polar surface area (TPSA) is 30.5 Å². The maximum atomic E-state index is 5.23. The molecule has 0 spiro atoms. The summed E-state index contributed by atoms with van der Waals surface area (Å²) in [5.41, 5.74) is 2.42. The number of nitrogens with one attached hydrogen (secondary N) is 1. The molecule has 3 nitrogen and oxygen atoms in total. The molecule has 3 heteroatoms. The van der Waals surface area contributed by atoms with Crippen LogP contribution in [0.15, 0.2) is 24.3 Å². The summed E-state index contributed by atoms with van der Waals surface area (Å²) in [6.07, 6.45) is 3.59. The van der Waals surface area contributed by atoms with Crippen molar-refractivity contribution in [3.63, 3.8) is 0 Å². The normalized spacial score (nSPS) is 20.8. The van der Waals surface area contributed by atoms with Gasteiger partial charge in [0.15, 0.2) is 6.29 Å². The highest BCUT2D eigenvalue weighted by atomic mass is 16.7. The summed E-state index contributed by atoms with van der Waals surface area (Å²) >= 11 is 0. The molecule has 1 aromatic carbocycles. The predicted octanol–water partition coefficient (Wildman–Crippen LogP) is 2.79. The van der Waals surface area contributed by atoms with Gasteiger partial charge in [-0.3, -0.25) is 0 Å². The first kappa shape index (κ1) is 12.6. The standard InChI is InChI=1S/C14H21NO2/c1-16-14(17-2)12-8-6-11(7-9-12)13-5-3-4-10-15-13/h6-9,13-15H,3-5,10H2,1-2H3.